The van der Waals surface area contributed by atoms with E-state index in [0.717, 1.165) is 15.6 Å². The van der Waals surface area contributed by atoms with Crippen molar-refractivity contribution in [2.24, 2.45) is 0 Å². The summed E-state index contributed by atoms with van der Waals surface area (Å²) in [6, 6.07) is 10.1. The average molecular weight is 354 g/mol. The van der Waals surface area contributed by atoms with Crippen LogP contribution in [0.5, 0.6) is 11.5 Å². The number of hydrogen-bond donors (Lipinski definition) is 1. The SMILES string of the molecule is CNC(c1ccc(OC)c(OC)c1)c1cc(F)ccc1Br. The molecule has 5 heteroatoms. The van der Waals surface area contributed by atoms with Gasteiger partial charge in [-0.15, -0.1) is 0 Å². The lowest BCUT2D eigenvalue weighted by molar-refractivity contribution is 0.354. The van der Waals surface area contributed by atoms with Crippen LogP contribution < -0.4 is 14.8 Å². The molecule has 0 heterocycles. The quantitative estimate of drug-likeness (QED) is 0.883. The summed E-state index contributed by atoms with van der Waals surface area (Å²) in [4.78, 5) is 0. The molecule has 0 aromatic heterocycles. The third-order valence-electron chi connectivity index (χ3n) is 3.30. The van der Waals surface area contributed by atoms with Gasteiger partial charge in [-0.2, -0.15) is 0 Å². The summed E-state index contributed by atoms with van der Waals surface area (Å²) in [5.74, 6) is 1.03. The lowest BCUT2D eigenvalue weighted by Gasteiger charge is -2.20. The Kier molecular flexibility index (Phi) is 5.20. The molecule has 0 bridgehead atoms. The van der Waals surface area contributed by atoms with Crippen molar-refractivity contribution in [1.29, 1.82) is 0 Å². The molecule has 3 nitrogen and oxygen atoms in total. The average Bonchev–Trinajstić information content (AvgIpc) is 2.51. The normalized spacial score (nSPS) is 12.0. The molecular weight excluding hydrogens is 337 g/mol. The zero-order valence-electron chi connectivity index (χ0n) is 12.1. The Morgan fingerprint density at radius 1 is 1.05 bits per heavy atom. The highest BCUT2D eigenvalue weighted by atomic mass is 79.9. The summed E-state index contributed by atoms with van der Waals surface area (Å²) in [5.41, 5.74) is 1.78. The standard InChI is InChI=1S/C16H17BrFNO2/c1-19-16(12-9-11(18)5-6-13(12)17)10-4-7-14(20-2)15(8-10)21-3/h4-9,16,19H,1-3H3. The maximum atomic E-state index is 13.5. The summed E-state index contributed by atoms with van der Waals surface area (Å²) in [6.45, 7) is 0. The number of rotatable bonds is 5. The second-order valence-electron chi connectivity index (χ2n) is 4.50. The first-order valence-corrected chi connectivity index (χ1v) is 7.24. The Balaban J connectivity index is 2.48. The highest BCUT2D eigenvalue weighted by molar-refractivity contribution is 9.10. The Morgan fingerprint density at radius 3 is 2.38 bits per heavy atom. The molecule has 0 aliphatic carbocycles. The summed E-state index contributed by atoms with van der Waals surface area (Å²) < 4.78 is 24.9. The van der Waals surface area contributed by atoms with Crippen LogP contribution in [-0.2, 0) is 0 Å². The number of nitrogens with one attached hydrogen (secondary N) is 1. The third-order valence-corrected chi connectivity index (χ3v) is 4.02. The first-order valence-electron chi connectivity index (χ1n) is 6.44. The van der Waals surface area contributed by atoms with Crippen LogP contribution in [0.3, 0.4) is 0 Å². The van der Waals surface area contributed by atoms with Gasteiger partial charge in [-0.05, 0) is 48.5 Å². The number of ether oxygens (including phenoxy) is 2. The van der Waals surface area contributed by atoms with Crippen molar-refractivity contribution in [2.75, 3.05) is 21.3 Å². The molecule has 1 atom stereocenters. The predicted molar refractivity (Wildman–Crippen MR) is 84.5 cm³/mol. The molecule has 1 unspecified atom stereocenters. The van der Waals surface area contributed by atoms with Gasteiger partial charge in [-0.3, -0.25) is 0 Å². The van der Waals surface area contributed by atoms with Gasteiger partial charge in [0.05, 0.1) is 20.3 Å². The Bertz CT molecular complexity index is 634. The molecule has 112 valence electrons. The molecule has 1 N–H and O–H groups in total. The summed E-state index contributed by atoms with van der Waals surface area (Å²) in [5, 5.41) is 3.20. The van der Waals surface area contributed by atoms with Gasteiger partial charge in [-0.25, -0.2) is 4.39 Å². The molecule has 0 saturated carbocycles. The molecule has 0 aliphatic heterocycles. The molecule has 0 fully saturated rings. The van der Waals surface area contributed by atoms with Gasteiger partial charge in [0.2, 0.25) is 0 Å². The number of halogens is 2. The molecule has 2 aromatic carbocycles. The maximum Gasteiger partial charge on any atom is 0.161 e. The Labute approximate surface area is 132 Å². The van der Waals surface area contributed by atoms with E-state index in [1.54, 1.807) is 20.3 Å². The molecule has 21 heavy (non-hydrogen) atoms. The van der Waals surface area contributed by atoms with Crippen molar-refractivity contribution >= 4 is 15.9 Å². The van der Waals surface area contributed by atoms with Crippen LogP contribution in [-0.4, -0.2) is 21.3 Å². The molecule has 2 rings (SSSR count). The van der Waals surface area contributed by atoms with E-state index in [4.69, 9.17) is 9.47 Å². The van der Waals surface area contributed by atoms with E-state index in [1.165, 1.54) is 12.1 Å². The summed E-state index contributed by atoms with van der Waals surface area (Å²) in [7, 11) is 5.02. The van der Waals surface area contributed by atoms with E-state index in [9.17, 15) is 4.39 Å². The first-order chi connectivity index (χ1) is 10.1. The minimum absolute atomic E-state index is 0.158. The van der Waals surface area contributed by atoms with E-state index in [-0.39, 0.29) is 11.9 Å². The van der Waals surface area contributed by atoms with E-state index < -0.39 is 0 Å². The summed E-state index contributed by atoms with van der Waals surface area (Å²) >= 11 is 3.47. The predicted octanol–water partition coefficient (Wildman–Crippen LogP) is 3.91. The number of methoxy groups -OCH3 is 2. The first kappa shape index (κ1) is 15.8. The minimum Gasteiger partial charge on any atom is -0.493 e. The highest BCUT2D eigenvalue weighted by Gasteiger charge is 2.17. The van der Waals surface area contributed by atoms with Crippen molar-refractivity contribution in [3.63, 3.8) is 0 Å². The van der Waals surface area contributed by atoms with Crippen molar-refractivity contribution in [3.05, 3.63) is 57.8 Å². The van der Waals surface area contributed by atoms with Crippen LogP contribution >= 0.6 is 15.9 Å². The Morgan fingerprint density at radius 2 is 1.76 bits per heavy atom. The van der Waals surface area contributed by atoms with Crippen LogP contribution in [0, 0.1) is 5.82 Å². The molecule has 2 aromatic rings. The van der Waals surface area contributed by atoms with Gasteiger partial charge in [0.1, 0.15) is 5.82 Å². The molecular formula is C16H17BrFNO2. The van der Waals surface area contributed by atoms with Gasteiger partial charge in [0.25, 0.3) is 0 Å². The van der Waals surface area contributed by atoms with Gasteiger partial charge >= 0.3 is 0 Å². The molecule has 0 saturated heterocycles. The zero-order valence-corrected chi connectivity index (χ0v) is 13.7. The van der Waals surface area contributed by atoms with Crippen molar-refractivity contribution in [3.8, 4) is 11.5 Å². The molecule has 0 radical (unpaired) electrons. The van der Waals surface area contributed by atoms with Gasteiger partial charge in [0, 0.05) is 4.47 Å². The third kappa shape index (κ3) is 3.36. The van der Waals surface area contributed by atoms with E-state index in [0.29, 0.717) is 11.5 Å². The topological polar surface area (TPSA) is 30.5 Å². The lowest BCUT2D eigenvalue weighted by Crippen LogP contribution is -2.18. The van der Waals surface area contributed by atoms with Crippen molar-refractivity contribution in [1.82, 2.24) is 5.32 Å². The fourth-order valence-corrected chi connectivity index (χ4v) is 2.75. The Hall–Kier alpha value is -1.59. The second kappa shape index (κ2) is 6.91. The fourth-order valence-electron chi connectivity index (χ4n) is 2.27. The molecule has 0 amide bonds. The van der Waals surface area contributed by atoms with Crippen LogP contribution in [0.4, 0.5) is 4.39 Å². The molecule has 0 spiro atoms. The van der Waals surface area contributed by atoms with Crippen molar-refractivity contribution in [2.45, 2.75) is 6.04 Å². The number of hydrogen-bond acceptors (Lipinski definition) is 3. The van der Waals surface area contributed by atoms with Gasteiger partial charge < -0.3 is 14.8 Å². The monoisotopic (exact) mass is 353 g/mol. The van der Waals surface area contributed by atoms with E-state index >= 15 is 0 Å². The smallest absolute Gasteiger partial charge is 0.161 e. The van der Waals surface area contributed by atoms with Crippen molar-refractivity contribution < 1.29 is 13.9 Å². The second-order valence-corrected chi connectivity index (χ2v) is 5.36. The molecule has 0 aliphatic rings. The van der Waals surface area contributed by atoms with Crippen LogP contribution in [0.2, 0.25) is 0 Å². The van der Waals surface area contributed by atoms with Gasteiger partial charge in [-0.1, -0.05) is 22.0 Å². The minimum atomic E-state index is -0.270. The highest BCUT2D eigenvalue weighted by Crippen LogP contribution is 2.34. The fraction of sp³-hybridized carbons (Fsp3) is 0.250. The van der Waals surface area contributed by atoms with Crippen LogP contribution in [0.25, 0.3) is 0 Å². The zero-order chi connectivity index (χ0) is 15.4. The van der Waals surface area contributed by atoms with Gasteiger partial charge in [0.15, 0.2) is 11.5 Å². The van der Waals surface area contributed by atoms with Crippen LogP contribution in [0.1, 0.15) is 17.2 Å². The van der Waals surface area contributed by atoms with E-state index in [2.05, 4.69) is 21.2 Å². The largest absolute Gasteiger partial charge is 0.493 e. The maximum absolute atomic E-state index is 13.5. The van der Waals surface area contributed by atoms with Crippen LogP contribution in [0.15, 0.2) is 40.9 Å². The summed E-state index contributed by atoms with van der Waals surface area (Å²) in [6.07, 6.45) is 0. The lowest BCUT2D eigenvalue weighted by atomic mass is 9.98. The number of benzene rings is 2. The van der Waals surface area contributed by atoms with E-state index in [1.807, 2.05) is 25.2 Å².